The molecule has 0 radical (unpaired) electrons. The van der Waals surface area contributed by atoms with Crippen LogP contribution in [0.25, 0.3) is 0 Å². The van der Waals surface area contributed by atoms with Crippen LogP contribution in [0, 0.1) is 0 Å². The molecule has 2 nitrogen and oxygen atoms in total. The van der Waals surface area contributed by atoms with Crippen LogP contribution in [0.15, 0.2) is 18.2 Å². The van der Waals surface area contributed by atoms with Crippen LogP contribution < -0.4 is 5.32 Å². The van der Waals surface area contributed by atoms with Crippen LogP contribution in [0.3, 0.4) is 0 Å². The smallest absolute Gasteiger partial charge is 0.234 e. The lowest BCUT2D eigenvalue weighted by Crippen LogP contribution is -2.35. The average Bonchev–Trinajstić information content (AvgIpc) is 2.38. The summed E-state index contributed by atoms with van der Waals surface area (Å²) < 4.78 is 0. The van der Waals surface area contributed by atoms with E-state index in [2.05, 4.69) is 5.32 Å². The fraction of sp³-hybridized carbons (Fsp3) is 0.417. The van der Waals surface area contributed by atoms with Gasteiger partial charge in [0.15, 0.2) is 0 Å². The highest BCUT2D eigenvalue weighted by atomic mass is 35.5. The van der Waals surface area contributed by atoms with Gasteiger partial charge in [-0.05, 0) is 17.7 Å². The molecule has 1 aromatic rings. The molecule has 1 fully saturated rings. The monoisotopic (exact) mass is 321 g/mol. The lowest BCUT2D eigenvalue weighted by atomic mass is 10.2. The third-order valence-corrected chi connectivity index (χ3v) is 5.92. The van der Waals surface area contributed by atoms with E-state index < -0.39 is 0 Å². The van der Waals surface area contributed by atoms with Crippen molar-refractivity contribution < 1.29 is 4.79 Å². The Morgan fingerprint density at radius 2 is 2.22 bits per heavy atom. The number of halogens is 2. The van der Waals surface area contributed by atoms with E-state index in [1.54, 1.807) is 23.9 Å². The van der Waals surface area contributed by atoms with Gasteiger partial charge in [-0.25, -0.2) is 0 Å². The van der Waals surface area contributed by atoms with Crippen LogP contribution >= 0.6 is 46.7 Å². The van der Waals surface area contributed by atoms with Gasteiger partial charge in [-0.1, -0.05) is 29.3 Å². The zero-order valence-corrected chi connectivity index (χ0v) is 12.8. The van der Waals surface area contributed by atoms with E-state index in [4.69, 9.17) is 23.2 Å². The van der Waals surface area contributed by atoms with Crippen molar-refractivity contribution in [2.45, 2.75) is 11.8 Å². The summed E-state index contributed by atoms with van der Waals surface area (Å²) in [6, 6.07) is 5.31. The Kier molecular flexibility index (Phi) is 5.55. The molecule has 1 aromatic carbocycles. The van der Waals surface area contributed by atoms with Gasteiger partial charge < -0.3 is 5.32 Å². The predicted molar refractivity (Wildman–Crippen MR) is 81.9 cm³/mol. The van der Waals surface area contributed by atoms with Gasteiger partial charge in [0.2, 0.25) is 5.91 Å². The second-order valence-electron chi connectivity index (χ2n) is 3.89. The first kappa shape index (κ1) is 14.4. The van der Waals surface area contributed by atoms with Crippen LogP contribution in [0.2, 0.25) is 10.0 Å². The molecule has 98 valence electrons. The maximum atomic E-state index is 11.9. The molecule has 0 spiro atoms. The molecule has 1 amide bonds. The predicted octanol–water partition coefficient (Wildman–Crippen LogP) is 3.46. The number of rotatable bonds is 3. The van der Waals surface area contributed by atoms with Gasteiger partial charge in [0.25, 0.3) is 0 Å². The van der Waals surface area contributed by atoms with Gasteiger partial charge in [0.05, 0.1) is 5.25 Å². The summed E-state index contributed by atoms with van der Waals surface area (Å²) in [4.78, 5) is 11.9. The van der Waals surface area contributed by atoms with Crippen LogP contribution in [-0.4, -0.2) is 28.4 Å². The van der Waals surface area contributed by atoms with Crippen molar-refractivity contribution in [3.8, 4) is 0 Å². The molecule has 1 N–H and O–H groups in total. The number of hydrogen-bond donors (Lipinski definition) is 1. The first-order valence-corrected chi connectivity index (χ1v) is 8.54. The van der Waals surface area contributed by atoms with Gasteiger partial charge >= 0.3 is 0 Å². The van der Waals surface area contributed by atoms with E-state index in [-0.39, 0.29) is 11.2 Å². The van der Waals surface area contributed by atoms with E-state index in [0.717, 1.165) is 22.8 Å². The minimum atomic E-state index is 0.0647. The molecule has 1 heterocycles. The summed E-state index contributed by atoms with van der Waals surface area (Å²) in [5.41, 5.74) is 0.892. The number of hydrogen-bond acceptors (Lipinski definition) is 3. The van der Waals surface area contributed by atoms with E-state index in [0.29, 0.717) is 16.6 Å². The highest BCUT2D eigenvalue weighted by Gasteiger charge is 2.21. The largest absolute Gasteiger partial charge is 0.351 e. The van der Waals surface area contributed by atoms with Crippen LogP contribution in [0.1, 0.15) is 5.56 Å². The molecule has 6 heteroatoms. The minimum absolute atomic E-state index is 0.0647. The molecule has 0 aliphatic carbocycles. The van der Waals surface area contributed by atoms with Crippen molar-refractivity contribution >= 4 is 52.6 Å². The quantitative estimate of drug-likeness (QED) is 0.924. The van der Waals surface area contributed by atoms with Gasteiger partial charge in [-0.2, -0.15) is 11.8 Å². The molecule has 0 bridgehead atoms. The summed E-state index contributed by atoms with van der Waals surface area (Å²) in [6.07, 6.45) is 0. The second-order valence-corrected chi connectivity index (χ2v) is 7.19. The summed E-state index contributed by atoms with van der Waals surface area (Å²) in [5, 5.41) is 4.19. The summed E-state index contributed by atoms with van der Waals surface area (Å²) in [7, 11) is 0. The fourth-order valence-electron chi connectivity index (χ4n) is 1.60. The Morgan fingerprint density at radius 1 is 1.39 bits per heavy atom. The SMILES string of the molecule is O=C(NCc1ccc(Cl)cc1Cl)C1CSCCS1. The number of thioether (sulfide) groups is 2. The zero-order valence-electron chi connectivity index (χ0n) is 9.62. The van der Waals surface area contributed by atoms with Crippen molar-refractivity contribution in [2.75, 3.05) is 17.3 Å². The molecule has 18 heavy (non-hydrogen) atoms. The third kappa shape index (κ3) is 3.98. The topological polar surface area (TPSA) is 29.1 Å². The maximum Gasteiger partial charge on any atom is 0.234 e. The van der Waals surface area contributed by atoms with Crippen molar-refractivity contribution in [3.63, 3.8) is 0 Å². The molecule has 1 aliphatic rings. The number of benzene rings is 1. The van der Waals surface area contributed by atoms with Crippen molar-refractivity contribution in [1.29, 1.82) is 0 Å². The Balaban J connectivity index is 1.88. The van der Waals surface area contributed by atoms with Crippen LogP contribution in [0.5, 0.6) is 0 Å². The standard InChI is InChI=1S/C12H13Cl2NOS2/c13-9-2-1-8(10(14)5-9)6-15-12(16)11-7-17-3-4-18-11/h1-2,5,11H,3-4,6-7H2,(H,15,16). The van der Waals surface area contributed by atoms with E-state index in [1.807, 2.05) is 17.8 Å². The van der Waals surface area contributed by atoms with Crippen molar-refractivity contribution in [2.24, 2.45) is 0 Å². The Labute approximate surface area is 125 Å². The lowest BCUT2D eigenvalue weighted by Gasteiger charge is -2.20. The molecule has 0 saturated carbocycles. The summed E-state index contributed by atoms with van der Waals surface area (Å²) in [6.45, 7) is 0.455. The van der Waals surface area contributed by atoms with Crippen LogP contribution in [0.4, 0.5) is 0 Å². The average molecular weight is 322 g/mol. The van der Waals surface area contributed by atoms with E-state index >= 15 is 0 Å². The van der Waals surface area contributed by atoms with Crippen molar-refractivity contribution in [1.82, 2.24) is 5.32 Å². The van der Waals surface area contributed by atoms with Gasteiger partial charge in [0.1, 0.15) is 0 Å². The zero-order chi connectivity index (χ0) is 13.0. The minimum Gasteiger partial charge on any atom is -0.351 e. The molecule has 2 rings (SSSR count). The van der Waals surface area contributed by atoms with Gasteiger partial charge in [-0.15, -0.1) is 11.8 Å². The Hall–Kier alpha value is -0.0300. The van der Waals surface area contributed by atoms with Gasteiger partial charge in [-0.3, -0.25) is 4.79 Å². The number of nitrogens with one attached hydrogen (secondary N) is 1. The fourth-order valence-corrected chi connectivity index (χ4v) is 4.66. The first-order chi connectivity index (χ1) is 8.66. The number of amides is 1. The Morgan fingerprint density at radius 3 is 2.89 bits per heavy atom. The molecule has 1 atom stereocenters. The second kappa shape index (κ2) is 6.94. The first-order valence-electron chi connectivity index (χ1n) is 5.58. The van der Waals surface area contributed by atoms with E-state index in [1.165, 1.54) is 0 Å². The Bertz CT molecular complexity index is 436. The maximum absolute atomic E-state index is 11.9. The van der Waals surface area contributed by atoms with Gasteiger partial charge in [0, 0.05) is 33.8 Å². The summed E-state index contributed by atoms with van der Waals surface area (Å²) >= 11 is 15.4. The molecular weight excluding hydrogens is 309 g/mol. The molecule has 1 aliphatic heterocycles. The highest BCUT2D eigenvalue weighted by Crippen LogP contribution is 2.24. The highest BCUT2D eigenvalue weighted by molar-refractivity contribution is 8.07. The molecule has 0 aromatic heterocycles. The molecule has 1 saturated heterocycles. The third-order valence-electron chi connectivity index (χ3n) is 2.58. The van der Waals surface area contributed by atoms with E-state index in [9.17, 15) is 4.79 Å². The van der Waals surface area contributed by atoms with Crippen LogP contribution in [-0.2, 0) is 11.3 Å². The molecule has 1 unspecified atom stereocenters. The number of carbonyl (C=O) groups is 1. The summed E-state index contributed by atoms with van der Waals surface area (Å²) in [5.74, 6) is 3.17. The van der Waals surface area contributed by atoms with Crippen molar-refractivity contribution in [3.05, 3.63) is 33.8 Å². The molecular formula is C12H13Cl2NOS2. The lowest BCUT2D eigenvalue weighted by molar-refractivity contribution is -0.120. The number of carbonyl (C=O) groups excluding carboxylic acids is 1. The normalized spacial score (nSPS) is 19.6.